The van der Waals surface area contributed by atoms with Crippen LogP contribution in [0, 0.1) is 6.42 Å². The number of rotatable bonds is 11. The van der Waals surface area contributed by atoms with Gasteiger partial charge in [0.2, 0.25) is 0 Å². The maximum Gasteiger partial charge on any atom is 0.255 e. The van der Waals surface area contributed by atoms with Gasteiger partial charge in [-0.25, -0.2) is 0 Å². The summed E-state index contributed by atoms with van der Waals surface area (Å²) in [4.78, 5) is 34.5. The molecule has 0 saturated heterocycles. The molecule has 9 nitrogen and oxygen atoms in total. The van der Waals surface area contributed by atoms with E-state index in [-0.39, 0.29) is 85.1 Å². The molecule has 0 aliphatic carbocycles. The molecule has 2 unspecified atom stereocenters. The maximum atomic E-state index is 11.9. The van der Waals surface area contributed by atoms with Gasteiger partial charge in [-0.1, -0.05) is 32.4 Å². The van der Waals surface area contributed by atoms with Gasteiger partial charge < -0.3 is 37.5 Å². The van der Waals surface area contributed by atoms with Crippen molar-refractivity contribution in [2.75, 3.05) is 6.54 Å². The van der Waals surface area contributed by atoms with Gasteiger partial charge in [-0.2, -0.15) is 0 Å². The van der Waals surface area contributed by atoms with Crippen molar-refractivity contribution in [2.24, 2.45) is 0 Å². The smallest absolute Gasteiger partial charge is 0.255 e. The Morgan fingerprint density at radius 3 is 1.97 bits per heavy atom. The van der Waals surface area contributed by atoms with Crippen LogP contribution in [-0.2, 0) is 37.5 Å². The molecule has 0 aromatic heterocycles. The number of aromatic hydroxyl groups is 4. The minimum atomic E-state index is -0.630. The zero-order valence-electron chi connectivity index (χ0n) is 21.1. The van der Waals surface area contributed by atoms with Gasteiger partial charge in [0.25, 0.3) is 5.91 Å². The van der Waals surface area contributed by atoms with Crippen LogP contribution in [0.2, 0.25) is 0 Å². The van der Waals surface area contributed by atoms with E-state index in [1.54, 1.807) is 13.0 Å². The number of benzene rings is 2. The first-order chi connectivity index (χ1) is 16.5. The number of unbranched alkanes of at least 4 members (excludes halogenated alkanes) is 1. The first-order valence-corrected chi connectivity index (χ1v) is 11.4. The van der Waals surface area contributed by atoms with Gasteiger partial charge in [0.1, 0.15) is 5.78 Å². The van der Waals surface area contributed by atoms with Crippen LogP contribution in [0.1, 0.15) is 67.7 Å². The number of para-hydroxylation sites is 2. The molecule has 2 aromatic carbocycles. The fourth-order valence-electron chi connectivity index (χ4n) is 2.83. The Morgan fingerprint density at radius 1 is 0.917 bits per heavy atom. The Labute approximate surface area is 237 Å². The second-order valence-electron chi connectivity index (χ2n) is 8.11. The quantitative estimate of drug-likeness (QED) is 0.103. The summed E-state index contributed by atoms with van der Waals surface area (Å²) in [5, 5.41) is 43.3. The molecule has 10 heteroatoms. The summed E-state index contributed by atoms with van der Waals surface area (Å²) < 4.78 is 0. The normalized spacial score (nSPS) is 11.8. The Hall–Kier alpha value is -2.49. The van der Waals surface area contributed by atoms with Crippen molar-refractivity contribution < 1.29 is 67.5 Å². The maximum absolute atomic E-state index is 11.9. The fourth-order valence-corrected chi connectivity index (χ4v) is 2.83. The number of ketones is 2. The van der Waals surface area contributed by atoms with Crippen molar-refractivity contribution in [1.82, 2.24) is 10.6 Å². The summed E-state index contributed by atoms with van der Waals surface area (Å²) in [5.74, 6) is -2.45. The third-order valence-electron chi connectivity index (χ3n) is 5.19. The molecule has 1 amide bonds. The Bertz CT molecular complexity index is 1010. The molecule has 195 valence electrons. The largest absolute Gasteiger partial charge is 0.504 e. The van der Waals surface area contributed by atoms with Crippen LogP contribution in [0.5, 0.6) is 23.0 Å². The first-order valence-electron chi connectivity index (χ1n) is 11.4. The fraction of sp³-hybridized carbons (Fsp3) is 0.385. The number of carbonyl (C=O) groups is 3. The van der Waals surface area contributed by atoms with Crippen molar-refractivity contribution >= 4 is 17.5 Å². The van der Waals surface area contributed by atoms with Gasteiger partial charge in [0.05, 0.1) is 17.2 Å². The van der Waals surface area contributed by atoms with E-state index in [0.29, 0.717) is 0 Å². The molecule has 6 N–H and O–H groups in total. The number of hydrogen-bond donors (Lipinski definition) is 6. The van der Waals surface area contributed by atoms with E-state index in [2.05, 4.69) is 17.6 Å². The minimum absolute atomic E-state index is 0. The van der Waals surface area contributed by atoms with E-state index in [0.717, 1.165) is 19.4 Å². The monoisotopic (exact) mass is 576 g/mol. The molecule has 2 aromatic rings. The van der Waals surface area contributed by atoms with Crippen LogP contribution in [0.3, 0.4) is 0 Å². The van der Waals surface area contributed by atoms with Gasteiger partial charge in [0.15, 0.2) is 28.8 Å². The van der Waals surface area contributed by atoms with Crippen molar-refractivity contribution in [3.8, 4) is 23.0 Å². The van der Waals surface area contributed by atoms with E-state index in [1.807, 2.05) is 13.3 Å². The molecule has 0 spiro atoms. The van der Waals surface area contributed by atoms with E-state index in [1.165, 1.54) is 37.3 Å². The molecular formula is C26H35N2O7Y-. The molecule has 2 atom stereocenters. The van der Waals surface area contributed by atoms with E-state index in [4.69, 9.17) is 0 Å². The number of amides is 1. The van der Waals surface area contributed by atoms with E-state index in [9.17, 15) is 34.8 Å². The number of phenols is 4. The number of phenolic OH excluding ortho intramolecular Hbond substituents is 4. The van der Waals surface area contributed by atoms with E-state index >= 15 is 0 Å². The topological polar surface area (TPSA) is 156 Å². The molecule has 2 rings (SSSR count). The summed E-state index contributed by atoms with van der Waals surface area (Å²) in [6.07, 6.45) is 4.36. The second kappa shape index (κ2) is 17.1. The average molecular weight is 576 g/mol. The molecule has 1 radical (unpaired) electrons. The van der Waals surface area contributed by atoms with Crippen LogP contribution < -0.4 is 10.6 Å². The number of Topliss-reactive ketones (excluding diaryl/α,β-unsaturated/α-hetero) is 2. The molecule has 0 fully saturated rings. The molecular weight excluding hydrogens is 541 g/mol. The zero-order chi connectivity index (χ0) is 26.5. The second-order valence-corrected chi connectivity index (χ2v) is 8.11. The van der Waals surface area contributed by atoms with Gasteiger partial charge in [-0.15, -0.1) is 12.5 Å². The van der Waals surface area contributed by atoms with Crippen LogP contribution in [0.25, 0.3) is 0 Å². The third-order valence-corrected chi connectivity index (χ3v) is 5.19. The Morgan fingerprint density at radius 2 is 1.44 bits per heavy atom. The number of carbonyl (C=O) groups excluding carboxylic acids is 3. The van der Waals surface area contributed by atoms with Gasteiger partial charge >= 0.3 is 0 Å². The summed E-state index contributed by atoms with van der Waals surface area (Å²) in [7, 11) is 0. The van der Waals surface area contributed by atoms with Gasteiger partial charge in [-0.05, 0) is 51.1 Å². The molecule has 0 heterocycles. The van der Waals surface area contributed by atoms with Gasteiger partial charge in [-0.3, -0.25) is 14.4 Å². The average Bonchev–Trinajstić information content (AvgIpc) is 2.81. The standard InChI is InChI=1S/C15H22NO3.C11H13NO4.Y/c1-3-4-10-16-11(2)8-9-13(17)12-6-5-7-14(18)15(12)19;1-6(7(2)13)12-11(16)8-4-3-5-9(14)10(8)15;/h5-8,11,16,18-19H,3-4,9-10H2,1-2H3;3-6,14-15H,1-2H3,(H,12,16);/q-1;;. The third kappa shape index (κ3) is 11.1. The number of hydrogen-bond acceptors (Lipinski definition) is 8. The number of nitrogens with one attached hydrogen (secondary N) is 2. The van der Waals surface area contributed by atoms with Crippen molar-refractivity contribution in [2.45, 2.75) is 59.0 Å². The predicted octanol–water partition coefficient (Wildman–Crippen LogP) is 3.46. The van der Waals surface area contributed by atoms with Crippen LogP contribution in [0.15, 0.2) is 36.4 Å². The summed E-state index contributed by atoms with van der Waals surface area (Å²) in [6.45, 7) is 7.95. The summed E-state index contributed by atoms with van der Waals surface area (Å²) in [6, 6.07) is 7.99. The van der Waals surface area contributed by atoms with Crippen molar-refractivity contribution in [3.63, 3.8) is 0 Å². The minimum Gasteiger partial charge on any atom is -0.504 e. The molecule has 0 bridgehead atoms. The molecule has 0 aliphatic heterocycles. The van der Waals surface area contributed by atoms with E-state index < -0.39 is 17.7 Å². The Kier molecular flexibility index (Phi) is 15.9. The molecule has 36 heavy (non-hydrogen) atoms. The summed E-state index contributed by atoms with van der Waals surface area (Å²) >= 11 is 0. The zero-order valence-corrected chi connectivity index (χ0v) is 24.0. The van der Waals surface area contributed by atoms with Crippen molar-refractivity contribution in [3.05, 3.63) is 53.9 Å². The SMILES string of the molecule is CC(=O)C(C)NC(=O)c1cccc(O)c1O.CCCCNC(C)[CH-]CC(=O)c1cccc(O)c1O.[Y]. The van der Waals surface area contributed by atoms with Crippen LogP contribution in [0.4, 0.5) is 0 Å². The van der Waals surface area contributed by atoms with Crippen LogP contribution in [-0.4, -0.2) is 56.5 Å². The molecule has 0 aliphatic rings. The Balaban J connectivity index is 0.000000671. The summed E-state index contributed by atoms with van der Waals surface area (Å²) in [5.41, 5.74) is 0.102. The van der Waals surface area contributed by atoms with Crippen LogP contribution >= 0.6 is 0 Å². The predicted molar refractivity (Wildman–Crippen MR) is 133 cm³/mol. The first kappa shape index (κ1) is 33.5. The van der Waals surface area contributed by atoms with Crippen molar-refractivity contribution in [1.29, 1.82) is 0 Å². The molecule has 0 saturated carbocycles. The van der Waals surface area contributed by atoms with Gasteiger partial charge in [0, 0.05) is 32.7 Å².